The zero-order valence-electron chi connectivity index (χ0n) is 32.0. The van der Waals surface area contributed by atoms with Gasteiger partial charge in [0.2, 0.25) is 0 Å². The molecule has 13 rings (SSSR count). The van der Waals surface area contributed by atoms with Crippen molar-refractivity contribution in [1.82, 2.24) is 28.2 Å². The molecule has 6 nitrogen and oxygen atoms in total. The van der Waals surface area contributed by atoms with Crippen LogP contribution in [0.25, 0.3) is 101 Å². The third-order valence-electron chi connectivity index (χ3n) is 12.3. The summed E-state index contributed by atoms with van der Waals surface area (Å²) in [6.45, 7) is 0. The second-order valence-corrected chi connectivity index (χ2v) is 15.4. The first-order valence-electron chi connectivity index (χ1n) is 20.3. The molecular formula is C53H34N6. The van der Waals surface area contributed by atoms with Crippen LogP contribution in [-0.4, -0.2) is 28.2 Å². The van der Waals surface area contributed by atoms with Gasteiger partial charge in [-0.05, 0) is 55.2 Å². The van der Waals surface area contributed by atoms with Crippen LogP contribution in [-0.2, 0) is 6.42 Å². The summed E-state index contributed by atoms with van der Waals surface area (Å²) >= 11 is 0. The first-order chi connectivity index (χ1) is 29.3. The molecule has 2 aliphatic rings. The predicted octanol–water partition coefficient (Wildman–Crippen LogP) is 12.3. The lowest BCUT2D eigenvalue weighted by Crippen LogP contribution is -2.18. The van der Waals surface area contributed by atoms with Gasteiger partial charge in [0.1, 0.15) is 5.69 Å². The lowest BCUT2D eigenvalue weighted by Gasteiger charge is -2.22. The van der Waals surface area contributed by atoms with Gasteiger partial charge >= 0.3 is 0 Å². The van der Waals surface area contributed by atoms with Gasteiger partial charge in [-0.2, -0.15) is 0 Å². The Morgan fingerprint density at radius 3 is 1.31 bits per heavy atom. The Labute approximate surface area is 339 Å². The maximum atomic E-state index is 6.05. The molecular weight excluding hydrogens is 721 g/mol. The monoisotopic (exact) mass is 754 g/mol. The fourth-order valence-electron chi connectivity index (χ4n) is 9.86. The molecule has 0 radical (unpaired) electrons. The highest BCUT2D eigenvalue weighted by atomic mass is 15.3. The van der Waals surface area contributed by atoms with E-state index in [-0.39, 0.29) is 0 Å². The van der Waals surface area contributed by atoms with Gasteiger partial charge in [0.25, 0.3) is 0 Å². The highest BCUT2D eigenvalue weighted by Crippen LogP contribution is 2.42. The molecule has 0 saturated carbocycles. The van der Waals surface area contributed by atoms with Crippen LogP contribution in [0.1, 0.15) is 35.4 Å². The number of nitrogens with zero attached hydrogens (tertiary/aromatic N) is 6. The SMILES string of the molecule is C1#Cc2c(c3ccccc3n2-c2nc(-n3c4ccccc4c4ccccc43)c(-n3c4ccccc4c4ccccc43)nc2-n2c3c(c4ccccc42)C=CCC3)C=CC1. The second kappa shape index (κ2) is 12.3. The van der Waals surface area contributed by atoms with Gasteiger partial charge in [0, 0.05) is 55.6 Å². The van der Waals surface area contributed by atoms with Crippen LogP contribution in [0.15, 0.2) is 158 Å². The van der Waals surface area contributed by atoms with E-state index in [1.54, 1.807) is 0 Å². The van der Waals surface area contributed by atoms with Crippen LogP contribution >= 0.6 is 0 Å². The molecule has 59 heavy (non-hydrogen) atoms. The van der Waals surface area contributed by atoms with E-state index in [1.165, 1.54) is 27.4 Å². The lowest BCUT2D eigenvalue weighted by molar-refractivity contribution is 0.830. The minimum Gasteiger partial charge on any atom is -0.294 e. The topological polar surface area (TPSA) is 45.5 Å². The van der Waals surface area contributed by atoms with E-state index >= 15 is 0 Å². The molecule has 6 aromatic carbocycles. The smallest absolute Gasteiger partial charge is 0.184 e. The number of rotatable bonds is 4. The first kappa shape index (κ1) is 32.2. The van der Waals surface area contributed by atoms with Crippen molar-refractivity contribution in [1.29, 1.82) is 0 Å². The summed E-state index contributed by atoms with van der Waals surface area (Å²) in [7, 11) is 0. The van der Waals surface area contributed by atoms with Crippen molar-refractivity contribution in [2.24, 2.45) is 0 Å². The average molecular weight is 755 g/mol. The number of benzene rings is 6. The number of hydrogen-bond donors (Lipinski definition) is 0. The fraction of sp³-hybridized carbons (Fsp3) is 0.0566. The van der Waals surface area contributed by atoms with E-state index in [4.69, 9.17) is 9.97 Å². The summed E-state index contributed by atoms with van der Waals surface area (Å²) in [5, 5.41) is 7.00. The minimum atomic E-state index is 0.683. The summed E-state index contributed by atoms with van der Waals surface area (Å²) in [5.41, 5.74) is 10.9. The highest BCUT2D eigenvalue weighted by molar-refractivity contribution is 6.11. The van der Waals surface area contributed by atoms with E-state index in [2.05, 4.69) is 200 Å². The Kier molecular flexibility index (Phi) is 6.72. The van der Waals surface area contributed by atoms with Crippen molar-refractivity contribution in [3.05, 3.63) is 180 Å². The molecule has 0 N–H and O–H groups in total. The van der Waals surface area contributed by atoms with Crippen LogP contribution in [0.4, 0.5) is 0 Å². The number of para-hydroxylation sites is 6. The molecule has 0 saturated heterocycles. The molecule has 0 aliphatic heterocycles. The Bertz CT molecular complexity index is 3610. The largest absolute Gasteiger partial charge is 0.294 e. The van der Waals surface area contributed by atoms with Gasteiger partial charge in [0.15, 0.2) is 23.3 Å². The molecule has 2 aliphatic carbocycles. The van der Waals surface area contributed by atoms with E-state index in [0.717, 1.165) is 96.6 Å². The molecule has 0 unspecified atom stereocenters. The number of hydrogen-bond acceptors (Lipinski definition) is 2. The Hall–Kier alpha value is -7.88. The number of allylic oxidation sites excluding steroid dienone is 2. The highest BCUT2D eigenvalue weighted by Gasteiger charge is 2.30. The van der Waals surface area contributed by atoms with Crippen molar-refractivity contribution in [3.63, 3.8) is 0 Å². The molecule has 0 fully saturated rings. The van der Waals surface area contributed by atoms with E-state index < -0.39 is 0 Å². The fourth-order valence-corrected chi connectivity index (χ4v) is 9.86. The van der Waals surface area contributed by atoms with Crippen LogP contribution in [0.3, 0.4) is 0 Å². The standard InChI is InChI=1S/C53H34N6/c1-2-18-34-35-19-4-11-27-43(35)56(42(34)26-3-1)50-51(57-44-28-12-5-20-36(44)37-21-6-13-29-45(37)57)55-53(59-48-32-16-9-24-40(48)41-25-10-17-33-49(41)59)52(54-50)58-46-30-14-7-22-38(46)39-23-8-15-31-47(39)58/h2,4-12,14-25,27-28,30-33H,1,13,29H2. The van der Waals surface area contributed by atoms with Crippen LogP contribution in [0.2, 0.25) is 0 Å². The zero-order chi connectivity index (χ0) is 38.6. The van der Waals surface area contributed by atoms with Crippen molar-refractivity contribution >= 4 is 77.6 Å². The molecule has 0 spiro atoms. The lowest BCUT2D eigenvalue weighted by atomic mass is 10.0. The van der Waals surface area contributed by atoms with Crippen molar-refractivity contribution in [2.75, 3.05) is 0 Å². The second-order valence-electron chi connectivity index (χ2n) is 15.4. The van der Waals surface area contributed by atoms with Gasteiger partial charge in [-0.3, -0.25) is 18.3 Å². The van der Waals surface area contributed by atoms with Crippen molar-refractivity contribution < 1.29 is 0 Å². The quantitative estimate of drug-likeness (QED) is 0.168. The first-order valence-corrected chi connectivity index (χ1v) is 20.3. The van der Waals surface area contributed by atoms with E-state index in [0.29, 0.717) is 6.42 Å². The maximum absolute atomic E-state index is 6.05. The van der Waals surface area contributed by atoms with E-state index in [9.17, 15) is 0 Å². The Morgan fingerprint density at radius 2 is 0.780 bits per heavy atom. The number of fused-ring (bicyclic) bond motifs is 12. The van der Waals surface area contributed by atoms with Crippen molar-refractivity contribution in [2.45, 2.75) is 19.3 Å². The predicted molar refractivity (Wildman–Crippen MR) is 242 cm³/mol. The summed E-state index contributed by atoms with van der Waals surface area (Å²) in [5.74, 6) is 10.0. The molecule has 5 heterocycles. The zero-order valence-corrected chi connectivity index (χ0v) is 32.0. The Balaban J connectivity index is 1.29. The average Bonchev–Trinajstić information content (AvgIpc) is 3.95. The summed E-state index contributed by atoms with van der Waals surface area (Å²) in [6.07, 6.45) is 11.5. The Morgan fingerprint density at radius 1 is 0.390 bits per heavy atom. The van der Waals surface area contributed by atoms with Crippen LogP contribution in [0.5, 0.6) is 0 Å². The van der Waals surface area contributed by atoms with Crippen LogP contribution in [0, 0.1) is 11.8 Å². The summed E-state index contributed by atoms with van der Waals surface area (Å²) in [6, 6.07) is 52.0. The molecule has 276 valence electrons. The molecule has 0 atom stereocenters. The van der Waals surface area contributed by atoms with Gasteiger partial charge in [-0.1, -0.05) is 139 Å². The van der Waals surface area contributed by atoms with Gasteiger partial charge in [0.05, 0.1) is 33.1 Å². The van der Waals surface area contributed by atoms with Gasteiger partial charge in [-0.25, -0.2) is 9.97 Å². The molecule has 0 amide bonds. The van der Waals surface area contributed by atoms with Gasteiger partial charge < -0.3 is 0 Å². The molecule has 11 aromatic rings. The summed E-state index contributed by atoms with van der Waals surface area (Å²) in [4.78, 5) is 12.1. The summed E-state index contributed by atoms with van der Waals surface area (Å²) < 4.78 is 9.33. The maximum Gasteiger partial charge on any atom is 0.184 e. The van der Waals surface area contributed by atoms with Gasteiger partial charge in [-0.15, -0.1) is 0 Å². The number of aromatic nitrogens is 6. The third kappa shape index (κ3) is 4.47. The molecule has 6 heteroatoms. The van der Waals surface area contributed by atoms with E-state index in [1.807, 2.05) is 0 Å². The van der Waals surface area contributed by atoms with Crippen molar-refractivity contribution in [3.8, 4) is 35.1 Å². The molecule has 0 bridgehead atoms. The third-order valence-corrected chi connectivity index (χ3v) is 12.3. The molecule has 5 aromatic heterocycles. The normalized spacial score (nSPS) is 13.4. The van der Waals surface area contributed by atoms with Crippen LogP contribution < -0.4 is 0 Å². The minimum absolute atomic E-state index is 0.683.